The number of nitrogens with one attached hydrogen (secondary N) is 1. The van der Waals surface area contributed by atoms with Crippen molar-refractivity contribution in [3.63, 3.8) is 0 Å². The van der Waals surface area contributed by atoms with Gasteiger partial charge in [0, 0.05) is 12.2 Å². The lowest BCUT2D eigenvalue weighted by Crippen LogP contribution is -1.99. The average molecular weight is 298 g/mol. The van der Waals surface area contributed by atoms with Crippen LogP contribution in [0.15, 0.2) is 46.9 Å². The molecule has 0 saturated heterocycles. The van der Waals surface area contributed by atoms with Crippen molar-refractivity contribution in [2.45, 2.75) is 6.54 Å². The van der Waals surface area contributed by atoms with Crippen molar-refractivity contribution in [3.05, 3.63) is 64.1 Å². The normalized spacial score (nSPS) is 10.3. The second-order valence-electron chi connectivity index (χ2n) is 3.61. The van der Waals surface area contributed by atoms with E-state index in [1.807, 2.05) is 6.07 Å². The van der Waals surface area contributed by atoms with Gasteiger partial charge < -0.3 is 5.32 Å². The first kappa shape index (κ1) is 12.0. The molecule has 88 valence electrons. The lowest BCUT2D eigenvalue weighted by Gasteiger charge is -2.07. The largest absolute Gasteiger partial charge is 0.381 e. The molecule has 4 heteroatoms. The Hall–Kier alpha value is -1.42. The van der Waals surface area contributed by atoms with Gasteiger partial charge in [-0.25, -0.2) is 8.78 Å². The monoisotopic (exact) mass is 297 g/mol. The average Bonchev–Trinajstić information content (AvgIpc) is 2.31. The Balaban J connectivity index is 2.05. The van der Waals surface area contributed by atoms with Crippen LogP contribution in [0.25, 0.3) is 0 Å². The summed E-state index contributed by atoms with van der Waals surface area (Å²) in [7, 11) is 0. The molecule has 0 spiro atoms. The fourth-order valence-corrected chi connectivity index (χ4v) is 1.84. The van der Waals surface area contributed by atoms with E-state index >= 15 is 0 Å². The Bertz CT molecular complexity index is 529. The zero-order chi connectivity index (χ0) is 12.3. The Morgan fingerprint density at radius 3 is 2.59 bits per heavy atom. The van der Waals surface area contributed by atoms with Gasteiger partial charge in [-0.3, -0.25) is 0 Å². The zero-order valence-electron chi connectivity index (χ0n) is 8.88. The summed E-state index contributed by atoms with van der Waals surface area (Å²) in [4.78, 5) is 0. The second kappa shape index (κ2) is 5.27. The quantitative estimate of drug-likeness (QED) is 0.889. The van der Waals surface area contributed by atoms with Gasteiger partial charge in [0.05, 0.1) is 4.47 Å². The Labute approximate surface area is 107 Å². The van der Waals surface area contributed by atoms with Crippen molar-refractivity contribution < 1.29 is 8.78 Å². The minimum atomic E-state index is -0.304. The number of anilines is 1. The minimum Gasteiger partial charge on any atom is -0.381 e. The summed E-state index contributed by atoms with van der Waals surface area (Å²) < 4.78 is 26.3. The van der Waals surface area contributed by atoms with Gasteiger partial charge in [0.15, 0.2) is 0 Å². The summed E-state index contributed by atoms with van der Waals surface area (Å²) in [6.07, 6.45) is 0. The first-order valence-electron chi connectivity index (χ1n) is 5.08. The second-order valence-corrected chi connectivity index (χ2v) is 4.47. The number of rotatable bonds is 3. The molecule has 0 saturated carbocycles. The molecule has 0 fully saturated rings. The molecular formula is C13H10BrF2N. The van der Waals surface area contributed by atoms with E-state index < -0.39 is 0 Å². The highest BCUT2D eigenvalue weighted by Crippen LogP contribution is 2.20. The van der Waals surface area contributed by atoms with Crippen LogP contribution < -0.4 is 5.32 Å². The van der Waals surface area contributed by atoms with Crippen LogP contribution in [0, 0.1) is 11.6 Å². The molecule has 2 rings (SSSR count). The van der Waals surface area contributed by atoms with Crippen LogP contribution in [-0.4, -0.2) is 0 Å². The van der Waals surface area contributed by atoms with Crippen molar-refractivity contribution in [1.82, 2.24) is 0 Å². The molecule has 0 heterocycles. The smallest absolute Gasteiger partial charge is 0.137 e. The Morgan fingerprint density at radius 1 is 1.06 bits per heavy atom. The van der Waals surface area contributed by atoms with Crippen LogP contribution in [0.1, 0.15) is 5.56 Å². The number of halogens is 3. The van der Waals surface area contributed by atoms with Gasteiger partial charge in [-0.15, -0.1) is 0 Å². The maximum Gasteiger partial charge on any atom is 0.137 e. The number of benzene rings is 2. The van der Waals surface area contributed by atoms with E-state index in [9.17, 15) is 8.78 Å². The van der Waals surface area contributed by atoms with Crippen LogP contribution in [0.5, 0.6) is 0 Å². The highest BCUT2D eigenvalue weighted by atomic mass is 79.9. The van der Waals surface area contributed by atoms with Crippen LogP contribution in [0.4, 0.5) is 14.5 Å². The van der Waals surface area contributed by atoms with Crippen molar-refractivity contribution in [3.8, 4) is 0 Å². The van der Waals surface area contributed by atoms with Gasteiger partial charge in [-0.2, -0.15) is 0 Å². The standard InChI is InChI=1S/C13H10BrF2N/c14-12-7-11(4-5-13(12)16)17-8-9-2-1-3-10(15)6-9/h1-7,17H,8H2. The highest BCUT2D eigenvalue weighted by molar-refractivity contribution is 9.10. The Morgan fingerprint density at radius 2 is 1.88 bits per heavy atom. The van der Waals surface area contributed by atoms with Crippen molar-refractivity contribution in [1.29, 1.82) is 0 Å². The fraction of sp³-hybridized carbons (Fsp3) is 0.0769. The first-order chi connectivity index (χ1) is 8.15. The molecule has 1 nitrogen and oxygen atoms in total. The molecule has 0 aromatic heterocycles. The molecule has 0 amide bonds. The first-order valence-corrected chi connectivity index (χ1v) is 5.88. The summed E-state index contributed by atoms with van der Waals surface area (Å²) in [5, 5.41) is 3.09. The van der Waals surface area contributed by atoms with Gasteiger partial charge in [0.25, 0.3) is 0 Å². The maximum atomic E-state index is 13.0. The molecule has 1 N–H and O–H groups in total. The molecule has 0 atom stereocenters. The highest BCUT2D eigenvalue weighted by Gasteiger charge is 2.00. The molecule has 2 aromatic carbocycles. The van der Waals surface area contributed by atoms with Gasteiger partial charge in [0.2, 0.25) is 0 Å². The zero-order valence-corrected chi connectivity index (χ0v) is 10.5. The van der Waals surface area contributed by atoms with Gasteiger partial charge >= 0.3 is 0 Å². The molecule has 0 aliphatic carbocycles. The molecule has 2 aromatic rings. The number of hydrogen-bond donors (Lipinski definition) is 1. The van der Waals surface area contributed by atoms with Crippen LogP contribution in [0.2, 0.25) is 0 Å². The van der Waals surface area contributed by atoms with E-state index in [1.165, 1.54) is 18.2 Å². The summed E-state index contributed by atoms with van der Waals surface area (Å²) in [5.74, 6) is -0.564. The van der Waals surface area contributed by atoms with Crippen molar-refractivity contribution >= 4 is 21.6 Å². The van der Waals surface area contributed by atoms with Gasteiger partial charge in [0.1, 0.15) is 11.6 Å². The molecule has 0 unspecified atom stereocenters. The van der Waals surface area contributed by atoms with Crippen LogP contribution in [0.3, 0.4) is 0 Å². The maximum absolute atomic E-state index is 13.0. The van der Waals surface area contributed by atoms with Crippen molar-refractivity contribution in [2.75, 3.05) is 5.32 Å². The van der Waals surface area contributed by atoms with Crippen LogP contribution >= 0.6 is 15.9 Å². The fourth-order valence-electron chi connectivity index (χ4n) is 1.46. The van der Waals surface area contributed by atoms with E-state index in [0.29, 0.717) is 11.0 Å². The van der Waals surface area contributed by atoms with E-state index in [4.69, 9.17) is 0 Å². The third-order valence-electron chi connectivity index (χ3n) is 2.31. The van der Waals surface area contributed by atoms with Gasteiger partial charge in [-0.05, 0) is 51.8 Å². The summed E-state index contributed by atoms with van der Waals surface area (Å²) in [6.45, 7) is 0.496. The Kier molecular flexibility index (Phi) is 3.74. The van der Waals surface area contributed by atoms with E-state index in [1.54, 1.807) is 18.2 Å². The molecule has 0 aliphatic rings. The molecule has 0 bridgehead atoms. The summed E-state index contributed by atoms with van der Waals surface area (Å²) in [5.41, 5.74) is 1.62. The summed E-state index contributed by atoms with van der Waals surface area (Å²) >= 11 is 3.11. The molecule has 0 radical (unpaired) electrons. The van der Waals surface area contributed by atoms with E-state index in [0.717, 1.165) is 11.3 Å². The molecule has 0 aliphatic heterocycles. The summed E-state index contributed by atoms with van der Waals surface area (Å²) in [6, 6.07) is 11.0. The van der Waals surface area contributed by atoms with Gasteiger partial charge in [-0.1, -0.05) is 12.1 Å². The minimum absolute atomic E-state index is 0.260. The van der Waals surface area contributed by atoms with E-state index in [2.05, 4.69) is 21.2 Å². The van der Waals surface area contributed by atoms with E-state index in [-0.39, 0.29) is 11.6 Å². The lowest BCUT2D eigenvalue weighted by molar-refractivity contribution is 0.621. The topological polar surface area (TPSA) is 12.0 Å². The SMILES string of the molecule is Fc1cccc(CNc2ccc(F)c(Br)c2)c1. The van der Waals surface area contributed by atoms with Crippen LogP contribution in [-0.2, 0) is 6.54 Å². The molecular weight excluding hydrogens is 288 g/mol. The molecule has 17 heavy (non-hydrogen) atoms. The lowest BCUT2D eigenvalue weighted by atomic mass is 10.2. The van der Waals surface area contributed by atoms with Crippen molar-refractivity contribution in [2.24, 2.45) is 0 Å². The number of hydrogen-bond acceptors (Lipinski definition) is 1. The predicted octanol–water partition coefficient (Wildman–Crippen LogP) is 4.34. The third kappa shape index (κ3) is 3.27. The predicted molar refractivity (Wildman–Crippen MR) is 67.8 cm³/mol. The third-order valence-corrected chi connectivity index (χ3v) is 2.91.